The molecule has 6 nitrogen and oxygen atoms in total. The molecule has 1 aliphatic heterocycles. The first-order valence-electron chi connectivity index (χ1n) is 6.37. The molecule has 0 saturated carbocycles. The van der Waals surface area contributed by atoms with Crippen LogP contribution in [0.2, 0.25) is 0 Å². The van der Waals surface area contributed by atoms with E-state index in [-0.39, 0.29) is 11.3 Å². The third kappa shape index (κ3) is 3.47. The van der Waals surface area contributed by atoms with E-state index in [1.165, 1.54) is 12.1 Å². The van der Waals surface area contributed by atoms with Gasteiger partial charge in [0.05, 0.1) is 10.5 Å². The van der Waals surface area contributed by atoms with Crippen LogP contribution in [0.25, 0.3) is 0 Å². The molecule has 1 saturated heterocycles. The highest BCUT2D eigenvalue weighted by Gasteiger charge is 2.32. The maximum absolute atomic E-state index is 10.7. The van der Waals surface area contributed by atoms with Crippen molar-refractivity contribution in [1.82, 2.24) is 0 Å². The van der Waals surface area contributed by atoms with Crippen LogP contribution in [0.5, 0.6) is 0 Å². The summed E-state index contributed by atoms with van der Waals surface area (Å²) in [7, 11) is 1.71. The minimum absolute atomic E-state index is 0.0648. The van der Waals surface area contributed by atoms with E-state index < -0.39 is 4.92 Å². The number of non-ortho nitro benzene ring substituents is 1. The molecule has 110 valence electrons. The predicted molar refractivity (Wildman–Crippen MR) is 79.1 cm³/mol. The molecular formula is C13H17BrN2O4. The highest BCUT2D eigenvalue weighted by molar-refractivity contribution is 9.10. The van der Waals surface area contributed by atoms with Crippen LogP contribution in [0, 0.1) is 10.1 Å². The van der Waals surface area contributed by atoms with Crippen LogP contribution in [0.1, 0.15) is 12.8 Å². The Morgan fingerprint density at radius 3 is 2.75 bits per heavy atom. The molecule has 0 aliphatic carbocycles. The molecule has 1 aromatic rings. The average Bonchev–Trinajstić information content (AvgIpc) is 2.47. The van der Waals surface area contributed by atoms with E-state index in [0.717, 1.165) is 18.5 Å². The van der Waals surface area contributed by atoms with Gasteiger partial charge in [-0.2, -0.15) is 0 Å². The van der Waals surface area contributed by atoms with Crippen molar-refractivity contribution >= 4 is 27.3 Å². The third-order valence-corrected chi connectivity index (χ3v) is 4.26. The highest BCUT2D eigenvalue weighted by atomic mass is 79.9. The van der Waals surface area contributed by atoms with Gasteiger partial charge in [0.15, 0.2) is 0 Å². The fraction of sp³-hybridized carbons (Fsp3) is 0.538. The number of hydrogen-bond donors (Lipinski definition) is 1. The first-order chi connectivity index (χ1) is 9.56. The number of nitro benzene ring substituents is 1. The van der Waals surface area contributed by atoms with Crippen molar-refractivity contribution in [3.05, 3.63) is 32.8 Å². The lowest BCUT2D eigenvalue weighted by atomic mass is 9.94. The summed E-state index contributed by atoms with van der Waals surface area (Å²) < 4.78 is 11.7. The molecule has 1 fully saturated rings. The van der Waals surface area contributed by atoms with Crippen LogP contribution >= 0.6 is 15.9 Å². The molecule has 2 rings (SSSR count). The summed E-state index contributed by atoms with van der Waals surface area (Å²) in [5.41, 5.74) is 0.646. The third-order valence-electron chi connectivity index (χ3n) is 3.60. The van der Waals surface area contributed by atoms with E-state index in [1.54, 1.807) is 13.2 Å². The van der Waals surface area contributed by atoms with Gasteiger partial charge < -0.3 is 14.8 Å². The second kappa shape index (κ2) is 6.51. The fourth-order valence-corrected chi connectivity index (χ4v) is 2.72. The molecular weight excluding hydrogens is 328 g/mol. The molecule has 1 heterocycles. The van der Waals surface area contributed by atoms with Crippen molar-refractivity contribution in [1.29, 1.82) is 0 Å². The van der Waals surface area contributed by atoms with Crippen LogP contribution in [-0.4, -0.2) is 37.4 Å². The van der Waals surface area contributed by atoms with E-state index in [9.17, 15) is 10.1 Å². The Kier molecular flexibility index (Phi) is 4.95. The molecule has 0 radical (unpaired) electrons. The second-order valence-electron chi connectivity index (χ2n) is 4.77. The first kappa shape index (κ1) is 15.2. The molecule has 7 heteroatoms. The Morgan fingerprint density at radius 2 is 2.20 bits per heavy atom. The second-order valence-corrected chi connectivity index (χ2v) is 5.63. The van der Waals surface area contributed by atoms with Crippen molar-refractivity contribution in [2.24, 2.45) is 0 Å². The normalized spacial score (nSPS) is 17.7. The van der Waals surface area contributed by atoms with Crippen LogP contribution in [-0.2, 0) is 9.47 Å². The number of methoxy groups -OCH3 is 1. The van der Waals surface area contributed by atoms with Gasteiger partial charge in [0.25, 0.3) is 5.69 Å². The van der Waals surface area contributed by atoms with Crippen molar-refractivity contribution in [2.45, 2.75) is 18.4 Å². The summed E-state index contributed by atoms with van der Waals surface area (Å²) in [6.07, 6.45) is 1.67. The van der Waals surface area contributed by atoms with Crippen molar-refractivity contribution in [3.63, 3.8) is 0 Å². The summed E-state index contributed by atoms with van der Waals surface area (Å²) in [5, 5.41) is 14.0. The van der Waals surface area contributed by atoms with E-state index in [0.29, 0.717) is 24.2 Å². The van der Waals surface area contributed by atoms with E-state index >= 15 is 0 Å². The average molecular weight is 345 g/mol. The number of benzene rings is 1. The van der Waals surface area contributed by atoms with Crippen molar-refractivity contribution < 1.29 is 14.4 Å². The van der Waals surface area contributed by atoms with Gasteiger partial charge >= 0.3 is 0 Å². The molecule has 0 atom stereocenters. The van der Waals surface area contributed by atoms with Gasteiger partial charge in [0.1, 0.15) is 0 Å². The molecule has 0 bridgehead atoms. The number of rotatable bonds is 5. The van der Waals surface area contributed by atoms with Crippen LogP contribution < -0.4 is 5.32 Å². The molecule has 1 aliphatic rings. The Labute approximate surface area is 125 Å². The van der Waals surface area contributed by atoms with Gasteiger partial charge in [-0.3, -0.25) is 10.1 Å². The topological polar surface area (TPSA) is 73.6 Å². The number of nitrogens with zero attached hydrogens (tertiary/aromatic N) is 1. The molecule has 20 heavy (non-hydrogen) atoms. The molecule has 0 amide bonds. The minimum atomic E-state index is -0.413. The largest absolute Gasteiger partial charge is 0.381 e. The highest BCUT2D eigenvalue weighted by Crippen LogP contribution is 2.30. The van der Waals surface area contributed by atoms with Crippen molar-refractivity contribution in [3.8, 4) is 0 Å². The lowest BCUT2D eigenvalue weighted by Crippen LogP contribution is -2.44. The van der Waals surface area contributed by atoms with Gasteiger partial charge in [-0.25, -0.2) is 0 Å². The summed E-state index contributed by atoms with van der Waals surface area (Å²) in [5.74, 6) is 0. The smallest absolute Gasteiger partial charge is 0.270 e. The van der Waals surface area contributed by atoms with Gasteiger partial charge in [-0.05, 0) is 22.0 Å². The zero-order valence-corrected chi connectivity index (χ0v) is 12.8. The summed E-state index contributed by atoms with van der Waals surface area (Å²) in [6, 6.07) is 4.67. The Bertz CT molecular complexity index is 489. The van der Waals surface area contributed by atoms with Gasteiger partial charge in [0.2, 0.25) is 0 Å². The zero-order chi connectivity index (χ0) is 14.6. The standard InChI is InChI=1S/C13H17BrN2O4/c1-19-13(4-6-20-7-5-13)9-15-12-3-2-10(16(17)18)8-11(12)14/h2-3,8,15H,4-7,9H2,1H3. The monoisotopic (exact) mass is 344 g/mol. The zero-order valence-electron chi connectivity index (χ0n) is 11.2. The van der Waals surface area contributed by atoms with E-state index in [1.807, 2.05) is 0 Å². The summed E-state index contributed by atoms with van der Waals surface area (Å²) in [4.78, 5) is 10.3. The Hall–Kier alpha value is -1.18. The predicted octanol–water partition coefficient (Wildman–Crippen LogP) is 2.96. The number of nitro groups is 1. The SMILES string of the molecule is COC1(CNc2ccc([N+](=O)[O-])cc2Br)CCOCC1. The number of nitrogens with one attached hydrogen (secondary N) is 1. The number of ether oxygens (including phenoxy) is 2. The molecule has 1 N–H and O–H groups in total. The lowest BCUT2D eigenvalue weighted by molar-refractivity contribution is -0.384. The molecule has 0 aromatic heterocycles. The molecule has 0 spiro atoms. The fourth-order valence-electron chi connectivity index (χ4n) is 2.21. The number of halogens is 1. The number of hydrogen-bond acceptors (Lipinski definition) is 5. The summed E-state index contributed by atoms with van der Waals surface area (Å²) >= 11 is 3.35. The minimum Gasteiger partial charge on any atom is -0.381 e. The van der Waals surface area contributed by atoms with Crippen LogP contribution in [0.15, 0.2) is 22.7 Å². The van der Waals surface area contributed by atoms with Gasteiger partial charge in [-0.1, -0.05) is 0 Å². The maximum Gasteiger partial charge on any atom is 0.270 e. The number of anilines is 1. The quantitative estimate of drug-likeness (QED) is 0.656. The van der Waals surface area contributed by atoms with Crippen LogP contribution in [0.4, 0.5) is 11.4 Å². The Morgan fingerprint density at radius 1 is 1.50 bits per heavy atom. The van der Waals surface area contributed by atoms with Gasteiger partial charge in [-0.15, -0.1) is 0 Å². The molecule has 1 aromatic carbocycles. The Balaban J connectivity index is 2.04. The van der Waals surface area contributed by atoms with E-state index in [4.69, 9.17) is 9.47 Å². The molecule has 0 unspecified atom stereocenters. The van der Waals surface area contributed by atoms with Crippen molar-refractivity contribution in [2.75, 3.05) is 32.2 Å². The van der Waals surface area contributed by atoms with E-state index in [2.05, 4.69) is 21.2 Å². The first-order valence-corrected chi connectivity index (χ1v) is 7.16. The lowest BCUT2D eigenvalue weighted by Gasteiger charge is -2.36. The maximum atomic E-state index is 10.7. The van der Waals surface area contributed by atoms with Crippen LogP contribution in [0.3, 0.4) is 0 Å². The summed E-state index contributed by atoms with van der Waals surface area (Å²) in [6.45, 7) is 2.02. The van der Waals surface area contributed by atoms with Gasteiger partial charge in [0, 0.05) is 62.0 Å².